The van der Waals surface area contributed by atoms with Crippen LogP contribution in [-0.2, 0) is 9.59 Å². The van der Waals surface area contributed by atoms with Crippen LogP contribution in [-0.4, -0.2) is 23.3 Å². The molecule has 2 aromatic carbocycles. The highest BCUT2D eigenvalue weighted by Crippen LogP contribution is 2.28. The molecule has 1 atom stereocenters. The summed E-state index contributed by atoms with van der Waals surface area (Å²) in [4.78, 5) is 36.8. The lowest BCUT2D eigenvalue weighted by molar-refractivity contribution is -0.383. The maximum Gasteiger partial charge on any atom is 0.292 e. The molecule has 0 aromatic heterocycles. The third kappa shape index (κ3) is 3.50. The van der Waals surface area contributed by atoms with Crippen molar-refractivity contribution in [2.45, 2.75) is 13.3 Å². The van der Waals surface area contributed by atoms with E-state index in [4.69, 9.17) is 0 Å². The lowest BCUT2D eigenvalue weighted by Gasteiger charge is -2.17. The van der Waals surface area contributed by atoms with E-state index in [0.29, 0.717) is 0 Å². The number of amides is 2. The van der Waals surface area contributed by atoms with Crippen molar-refractivity contribution in [3.05, 3.63) is 64.2 Å². The van der Waals surface area contributed by atoms with Crippen LogP contribution >= 0.6 is 0 Å². The number of anilines is 2. The predicted molar refractivity (Wildman–Crippen MR) is 93.4 cm³/mol. The monoisotopic (exact) mass is 339 g/mol. The number of carbonyl (C=O) groups is 2. The molecule has 1 aliphatic heterocycles. The minimum Gasteiger partial charge on any atom is -0.320 e. The number of nitro groups is 1. The molecule has 1 unspecified atom stereocenters. The van der Waals surface area contributed by atoms with Gasteiger partial charge < -0.3 is 10.2 Å². The standard InChI is InChI=1S/C18H17N3O4/c1-12-6-8-14(9-7-12)20-11-13(10-17(20)22)18(23)19-15-4-2-3-5-16(15)21(24)25/h2-9,13H,10-11H2,1H3,(H,19,23). The van der Waals surface area contributed by atoms with Crippen LogP contribution in [0.2, 0.25) is 0 Å². The number of nitrogens with zero attached hydrogens (tertiary/aromatic N) is 2. The first-order valence-electron chi connectivity index (χ1n) is 7.87. The number of hydrogen-bond acceptors (Lipinski definition) is 4. The lowest BCUT2D eigenvalue weighted by atomic mass is 10.1. The molecule has 0 spiro atoms. The summed E-state index contributed by atoms with van der Waals surface area (Å²) in [6.45, 7) is 2.22. The summed E-state index contributed by atoms with van der Waals surface area (Å²) >= 11 is 0. The van der Waals surface area contributed by atoms with Gasteiger partial charge in [0.1, 0.15) is 5.69 Å². The molecule has 0 aliphatic carbocycles. The Morgan fingerprint density at radius 2 is 1.88 bits per heavy atom. The third-order valence-corrected chi connectivity index (χ3v) is 4.20. The van der Waals surface area contributed by atoms with E-state index in [1.807, 2.05) is 31.2 Å². The summed E-state index contributed by atoms with van der Waals surface area (Å²) in [7, 11) is 0. The summed E-state index contributed by atoms with van der Waals surface area (Å²) in [5, 5.41) is 13.6. The maximum absolute atomic E-state index is 12.5. The molecule has 0 saturated carbocycles. The highest BCUT2D eigenvalue weighted by Gasteiger charge is 2.35. The van der Waals surface area contributed by atoms with Crippen molar-refractivity contribution in [2.75, 3.05) is 16.8 Å². The molecule has 0 radical (unpaired) electrons. The topological polar surface area (TPSA) is 92.6 Å². The molecule has 1 fully saturated rings. The van der Waals surface area contributed by atoms with Crippen molar-refractivity contribution in [3.63, 3.8) is 0 Å². The number of hydrogen-bond donors (Lipinski definition) is 1. The normalized spacial score (nSPS) is 16.8. The quantitative estimate of drug-likeness (QED) is 0.685. The van der Waals surface area contributed by atoms with Gasteiger partial charge in [-0.1, -0.05) is 29.8 Å². The second-order valence-corrected chi connectivity index (χ2v) is 6.00. The first-order valence-corrected chi connectivity index (χ1v) is 7.87. The highest BCUT2D eigenvalue weighted by molar-refractivity contribution is 6.04. The molecule has 25 heavy (non-hydrogen) atoms. The first-order chi connectivity index (χ1) is 12.0. The molecule has 2 aromatic rings. The van der Waals surface area contributed by atoms with Crippen molar-refractivity contribution in [2.24, 2.45) is 5.92 Å². The third-order valence-electron chi connectivity index (χ3n) is 4.20. The minimum atomic E-state index is -0.548. The summed E-state index contributed by atoms with van der Waals surface area (Å²) in [6.07, 6.45) is 0.0837. The van der Waals surface area contributed by atoms with Gasteiger partial charge in [-0.3, -0.25) is 19.7 Å². The SMILES string of the molecule is Cc1ccc(N2CC(C(=O)Nc3ccccc3[N+](=O)[O-])CC2=O)cc1. The molecule has 1 saturated heterocycles. The van der Waals surface area contributed by atoms with Crippen LogP contribution < -0.4 is 10.2 Å². The largest absolute Gasteiger partial charge is 0.320 e. The maximum atomic E-state index is 12.5. The molecule has 2 amide bonds. The van der Waals surface area contributed by atoms with Crippen molar-refractivity contribution < 1.29 is 14.5 Å². The van der Waals surface area contributed by atoms with Crippen LogP contribution in [0.15, 0.2) is 48.5 Å². The number of aryl methyl sites for hydroxylation is 1. The van der Waals surface area contributed by atoms with E-state index in [0.717, 1.165) is 11.3 Å². The van der Waals surface area contributed by atoms with Crippen LogP contribution in [0.4, 0.5) is 17.1 Å². The van der Waals surface area contributed by atoms with Crippen LogP contribution in [0.5, 0.6) is 0 Å². The smallest absolute Gasteiger partial charge is 0.292 e. The second-order valence-electron chi connectivity index (χ2n) is 6.00. The Kier molecular flexibility index (Phi) is 4.47. The van der Waals surface area contributed by atoms with Crippen molar-refractivity contribution in [3.8, 4) is 0 Å². The fraction of sp³-hybridized carbons (Fsp3) is 0.222. The van der Waals surface area contributed by atoms with Gasteiger partial charge in [-0.25, -0.2) is 0 Å². The number of benzene rings is 2. The molecule has 1 heterocycles. The number of rotatable bonds is 4. The molecule has 1 aliphatic rings. The van der Waals surface area contributed by atoms with Crippen LogP contribution in [0.1, 0.15) is 12.0 Å². The predicted octanol–water partition coefficient (Wildman–Crippen LogP) is 2.89. The molecule has 3 rings (SSSR count). The molecule has 7 heteroatoms. The van der Waals surface area contributed by atoms with Gasteiger partial charge in [0.05, 0.1) is 10.8 Å². The summed E-state index contributed by atoms with van der Waals surface area (Å²) < 4.78 is 0. The van der Waals surface area contributed by atoms with E-state index in [-0.39, 0.29) is 30.2 Å². The van der Waals surface area contributed by atoms with Crippen molar-refractivity contribution in [1.82, 2.24) is 0 Å². The second kappa shape index (κ2) is 6.72. The Hall–Kier alpha value is -3.22. The van der Waals surface area contributed by atoms with Crippen LogP contribution in [0.25, 0.3) is 0 Å². The Balaban J connectivity index is 1.73. The Labute approximate surface area is 144 Å². The van der Waals surface area contributed by atoms with Crippen LogP contribution in [0.3, 0.4) is 0 Å². The average Bonchev–Trinajstić information content (AvgIpc) is 2.98. The molecular weight excluding hydrogens is 322 g/mol. The minimum absolute atomic E-state index is 0.0837. The van der Waals surface area contributed by atoms with Gasteiger partial charge in [0.2, 0.25) is 11.8 Å². The van der Waals surface area contributed by atoms with Gasteiger partial charge >= 0.3 is 0 Å². The zero-order chi connectivity index (χ0) is 18.0. The number of nitrogens with one attached hydrogen (secondary N) is 1. The Morgan fingerprint density at radius 3 is 2.56 bits per heavy atom. The zero-order valence-corrected chi connectivity index (χ0v) is 13.6. The average molecular weight is 339 g/mol. The number of para-hydroxylation sites is 2. The first kappa shape index (κ1) is 16.6. The van der Waals surface area contributed by atoms with Crippen LogP contribution in [0, 0.1) is 23.0 Å². The van der Waals surface area contributed by atoms with E-state index in [2.05, 4.69) is 5.32 Å². The molecular formula is C18H17N3O4. The summed E-state index contributed by atoms with van der Waals surface area (Å²) in [5.74, 6) is -1.07. The van der Waals surface area contributed by atoms with Crippen molar-refractivity contribution in [1.29, 1.82) is 0 Å². The Bertz CT molecular complexity index is 832. The van der Waals surface area contributed by atoms with E-state index in [9.17, 15) is 19.7 Å². The van der Waals surface area contributed by atoms with Gasteiger partial charge in [0.15, 0.2) is 0 Å². The molecule has 0 bridgehead atoms. The van der Waals surface area contributed by atoms with Gasteiger partial charge in [0.25, 0.3) is 5.69 Å². The molecule has 7 nitrogen and oxygen atoms in total. The van der Waals surface area contributed by atoms with E-state index < -0.39 is 16.7 Å². The summed E-state index contributed by atoms with van der Waals surface area (Å²) in [6, 6.07) is 13.4. The highest BCUT2D eigenvalue weighted by atomic mass is 16.6. The van der Waals surface area contributed by atoms with E-state index in [1.165, 1.54) is 18.2 Å². The Morgan fingerprint density at radius 1 is 1.20 bits per heavy atom. The van der Waals surface area contributed by atoms with Crippen molar-refractivity contribution >= 4 is 28.9 Å². The molecule has 1 N–H and O–H groups in total. The van der Waals surface area contributed by atoms with E-state index >= 15 is 0 Å². The van der Waals surface area contributed by atoms with E-state index in [1.54, 1.807) is 11.0 Å². The summed E-state index contributed by atoms with van der Waals surface area (Å²) in [5.41, 5.74) is 1.80. The lowest BCUT2D eigenvalue weighted by Crippen LogP contribution is -2.28. The number of nitro benzene ring substituents is 1. The molecule has 128 valence electrons. The van der Waals surface area contributed by atoms with Gasteiger partial charge in [0, 0.05) is 24.7 Å². The van der Waals surface area contributed by atoms with Gasteiger partial charge in [-0.05, 0) is 25.1 Å². The van der Waals surface area contributed by atoms with Gasteiger partial charge in [-0.2, -0.15) is 0 Å². The zero-order valence-electron chi connectivity index (χ0n) is 13.6. The fourth-order valence-corrected chi connectivity index (χ4v) is 2.83. The van der Waals surface area contributed by atoms with Gasteiger partial charge in [-0.15, -0.1) is 0 Å². The number of carbonyl (C=O) groups excluding carboxylic acids is 2. The fourth-order valence-electron chi connectivity index (χ4n) is 2.83.